The first kappa shape index (κ1) is 9.13. The van der Waals surface area contributed by atoms with Crippen LogP contribution in [0.25, 0.3) is 0 Å². The highest BCUT2D eigenvalue weighted by atomic mass is 32.1. The van der Waals surface area contributed by atoms with Crippen molar-refractivity contribution in [2.75, 3.05) is 6.61 Å². The van der Waals surface area contributed by atoms with Crippen molar-refractivity contribution in [1.29, 1.82) is 0 Å². The van der Waals surface area contributed by atoms with E-state index in [9.17, 15) is 0 Å². The predicted molar refractivity (Wildman–Crippen MR) is 52.3 cm³/mol. The third-order valence-corrected chi connectivity index (χ3v) is 1.78. The zero-order valence-electron chi connectivity index (χ0n) is 7.20. The molecule has 0 aliphatic rings. The van der Waals surface area contributed by atoms with Crippen molar-refractivity contribution in [2.45, 2.75) is 13.8 Å². The minimum Gasteiger partial charge on any atom is -0.483 e. The molecule has 2 nitrogen and oxygen atoms in total. The minimum atomic E-state index is 0.519. The fraction of sp³-hybridized carbons (Fsp3) is 0.333. The second-order valence-electron chi connectivity index (χ2n) is 2.41. The molecule has 0 N–H and O–H groups in total. The molecule has 0 radical (unpaired) electrons. The highest BCUT2D eigenvalue weighted by molar-refractivity contribution is 7.80. The summed E-state index contributed by atoms with van der Waals surface area (Å²) in [6.45, 7) is 4.45. The molecule has 0 amide bonds. The maximum atomic E-state index is 5.16. The summed E-state index contributed by atoms with van der Waals surface area (Å²) in [6, 6.07) is 3.83. The topological polar surface area (TPSA) is 22.1 Å². The molecule has 3 heteroatoms. The van der Waals surface area contributed by atoms with Gasteiger partial charge in [0.05, 0.1) is 6.61 Å². The summed E-state index contributed by atoms with van der Waals surface area (Å²) < 4.78 is 5.16. The second kappa shape index (κ2) is 4.16. The molecule has 0 saturated heterocycles. The van der Waals surface area contributed by atoms with E-state index < -0.39 is 0 Å². The molecule has 0 unspecified atom stereocenters. The lowest BCUT2D eigenvalue weighted by Gasteiger charge is -2.03. The SMILES string of the molecule is CCOC(=S)c1ccc(C)nc1. The van der Waals surface area contributed by atoms with Gasteiger partial charge < -0.3 is 4.74 Å². The lowest BCUT2D eigenvalue weighted by molar-refractivity contribution is 0.337. The summed E-state index contributed by atoms with van der Waals surface area (Å²) in [7, 11) is 0. The average molecular weight is 181 g/mol. The molecular formula is C9H11NOS. The van der Waals surface area contributed by atoms with Gasteiger partial charge in [-0.05, 0) is 38.2 Å². The van der Waals surface area contributed by atoms with Gasteiger partial charge in [-0.25, -0.2) is 0 Å². The summed E-state index contributed by atoms with van der Waals surface area (Å²) in [5.74, 6) is 0. The monoisotopic (exact) mass is 181 g/mol. The molecule has 1 rings (SSSR count). The normalized spacial score (nSPS) is 9.50. The Balaban J connectivity index is 2.75. The molecule has 0 fully saturated rings. The standard InChI is InChI=1S/C9H11NOS/c1-3-11-9(12)8-5-4-7(2)10-6-8/h4-6H,3H2,1-2H3. The van der Waals surface area contributed by atoms with Crippen molar-refractivity contribution in [1.82, 2.24) is 4.98 Å². The Hall–Kier alpha value is -0.960. The van der Waals surface area contributed by atoms with E-state index in [1.54, 1.807) is 6.20 Å². The number of rotatable bonds is 2. The largest absolute Gasteiger partial charge is 0.483 e. The molecular weight excluding hydrogens is 170 g/mol. The van der Waals surface area contributed by atoms with Crippen LogP contribution in [0.4, 0.5) is 0 Å². The molecule has 1 heterocycles. The van der Waals surface area contributed by atoms with E-state index >= 15 is 0 Å². The van der Waals surface area contributed by atoms with Gasteiger partial charge in [0, 0.05) is 17.5 Å². The van der Waals surface area contributed by atoms with Gasteiger partial charge in [0.25, 0.3) is 0 Å². The van der Waals surface area contributed by atoms with Crippen LogP contribution in [0, 0.1) is 6.92 Å². The van der Waals surface area contributed by atoms with Crippen LogP contribution in [-0.2, 0) is 4.74 Å². The predicted octanol–water partition coefficient (Wildman–Crippen LogP) is 2.10. The fourth-order valence-corrected chi connectivity index (χ4v) is 1.04. The smallest absolute Gasteiger partial charge is 0.192 e. The second-order valence-corrected chi connectivity index (χ2v) is 2.78. The van der Waals surface area contributed by atoms with Gasteiger partial charge in [-0.3, -0.25) is 4.98 Å². The highest BCUT2D eigenvalue weighted by Crippen LogP contribution is 2.02. The molecule has 0 aliphatic carbocycles. The Labute approximate surface area is 77.6 Å². The molecule has 64 valence electrons. The lowest BCUT2D eigenvalue weighted by atomic mass is 10.3. The van der Waals surface area contributed by atoms with Crippen molar-refractivity contribution < 1.29 is 4.74 Å². The Morgan fingerprint density at radius 2 is 2.33 bits per heavy atom. The van der Waals surface area contributed by atoms with Gasteiger partial charge in [-0.15, -0.1) is 0 Å². The van der Waals surface area contributed by atoms with E-state index in [1.165, 1.54) is 0 Å². The Morgan fingerprint density at radius 3 is 2.83 bits per heavy atom. The average Bonchev–Trinajstić information content (AvgIpc) is 2.06. The van der Waals surface area contributed by atoms with Crippen molar-refractivity contribution >= 4 is 17.3 Å². The van der Waals surface area contributed by atoms with Crippen molar-refractivity contribution in [3.8, 4) is 0 Å². The van der Waals surface area contributed by atoms with Gasteiger partial charge >= 0.3 is 0 Å². The summed E-state index contributed by atoms with van der Waals surface area (Å²) >= 11 is 5.00. The molecule has 12 heavy (non-hydrogen) atoms. The zero-order valence-corrected chi connectivity index (χ0v) is 8.02. The first-order valence-electron chi connectivity index (χ1n) is 3.84. The Morgan fingerprint density at radius 1 is 1.58 bits per heavy atom. The van der Waals surface area contributed by atoms with E-state index in [1.807, 2.05) is 26.0 Å². The number of pyridine rings is 1. The third-order valence-electron chi connectivity index (χ3n) is 1.42. The number of hydrogen-bond acceptors (Lipinski definition) is 3. The number of aryl methyl sites for hydroxylation is 1. The van der Waals surface area contributed by atoms with Gasteiger partial charge in [-0.1, -0.05) is 0 Å². The van der Waals surface area contributed by atoms with Crippen molar-refractivity contribution in [2.24, 2.45) is 0 Å². The summed E-state index contributed by atoms with van der Waals surface area (Å²) in [6.07, 6.45) is 1.73. The lowest BCUT2D eigenvalue weighted by Crippen LogP contribution is -2.03. The van der Waals surface area contributed by atoms with Crippen LogP contribution in [-0.4, -0.2) is 16.6 Å². The van der Waals surface area contributed by atoms with E-state index in [4.69, 9.17) is 17.0 Å². The number of hydrogen-bond donors (Lipinski definition) is 0. The maximum Gasteiger partial charge on any atom is 0.192 e. The Kier molecular flexibility index (Phi) is 3.17. The van der Waals surface area contributed by atoms with Crippen molar-refractivity contribution in [3.63, 3.8) is 0 Å². The highest BCUT2D eigenvalue weighted by Gasteiger charge is 1.99. The van der Waals surface area contributed by atoms with Crippen LogP contribution in [0.2, 0.25) is 0 Å². The van der Waals surface area contributed by atoms with Crippen LogP contribution in [0.15, 0.2) is 18.3 Å². The summed E-state index contributed by atoms with van der Waals surface area (Å²) in [4.78, 5) is 4.11. The van der Waals surface area contributed by atoms with Gasteiger partial charge in [0.2, 0.25) is 0 Å². The summed E-state index contributed by atoms with van der Waals surface area (Å²) in [5, 5.41) is 0.519. The van der Waals surface area contributed by atoms with Crippen molar-refractivity contribution in [3.05, 3.63) is 29.6 Å². The summed E-state index contributed by atoms with van der Waals surface area (Å²) in [5.41, 5.74) is 1.86. The molecule has 0 aromatic carbocycles. The molecule has 1 aromatic heterocycles. The molecule has 0 spiro atoms. The minimum absolute atomic E-state index is 0.519. The number of aromatic nitrogens is 1. The third kappa shape index (κ3) is 2.27. The quantitative estimate of drug-likeness (QED) is 0.652. The van der Waals surface area contributed by atoms with E-state index in [-0.39, 0.29) is 0 Å². The van der Waals surface area contributed by atoms with Gasteiger partial charge in [0.15, 0.2) is 5.05 Å². The molecule has 0 saturated carbocycles. The van der Waals surface area contributed by atoms with Gasteiger partial charge in [0.1, 0.15) is 0 Å². The fourth-order valence-electron chi connectivity index (χ4n) is 0.803. The van der Waals surface area contributed by atoms with Gasteiger partial charge in [-0.2, -0.15) is 0 Å². The maximum absolute atomic E-state index is 5.16. The number of nitrogens with zero attached hydrogens (tertiary/aromatic N) is 1. The molecule has 0 aliphatic heterocycles. The van der Waals surface area contributed by atoms with E-state index in [0.29, 0.717) is 11.7 Å². The molecule has 0 atom stereocenters. The van der Waals surface area contributed by atoms with Crippen LogP contribution in [0.3, 0.4) is 0 Å². The number of ether oxygens (including phenoxy) is 1. The first-order chi connectivity index (χ1) is 5.74. The first-order valence-corrected chi connectivity index (χ1v) is 4.24. The van der Waals surface area contributed by atoms with E-state index in [2.05, 4.69) is 4.98 Å². The van der Waals surface area contributed by atoms with Crippen LogP contribution < -0.4 is 0 Å². The zero-order chi connectivity index (χ0) is 8.97. The number of thiocarbonyl (C=S) groups is 1. The van der Waals surface area contributed by atoms with Crippen LogP contribution >= 0.6 is 12.2 Å². The molecule has 1 aromatic rings. The van der Waals surface area contributed by atoms with Crippen LogP contribution in [0.5, 0.6) is 0 Å². The molecule has 0 bridgehead atoms. The Bertz CT molecular complexity index is 268. The van der Waals surface area contributed by atoms with Crippen LogP contribution in [0.1, 0.15) is 18.2 Å². The van der Waals surface area contributed by atoms with E-state index in [0.717, 1.165) is 11.3 Å².